The van der Waals surface area contributed by atoms with Gasteiger partial charge in [-0.2, -0.15) is 0 Å². The molecule has 0 bridgehead atoms. The molecule has 0 radical (unpaired) electrons. The Bertz CT molecular complexity index is 1250. The molecule has 8 heteroatoms. The normalized spacial score (nSPS) is 13.6. The molecule has 5 rings (SSSR count). The van der Waals surface area contributed by atoms with Gasteiger partial charge in [-0.1, -0.05) is 18.6 Å². The van der Waals surface area contributed by atoms with Crippen LogP contribution in [-0.4, -0.2) is 24.0 Å². The van der Waals surface area contributed by atoms with E-state index in [2.05, 4.69) is 10.3 Å². The molecule has 1 aliphatic carbocycles. The number of amides is 1. The van der Waals surface area contributed by atoms with Crippen LogP contribution in [0.2, 0.25) is 0 Å². The van der Waals surface area contributed by atoms with Gasteiger partial charge in [0.1, 0.15) is 10.0 Å². The van der Waals surface area contributed by atoms with Crippen LogP contribution < -0.4 is 5.32 Å². The standard InChI is InChI=1S/C23H20N2O3S3/c1-28-23(27)19-13-7-3-2-4-9-15(13)30-22(19)25-20(26)17-11-12-18(29-17)21-24-14-8-5-6-10-16(14)31-21/h5-6,8,10-12H,2-4,7,9H2,1H3,(H,25,26). The number of aryl methyl sites for hydroxylation is 1. The van der Waals surface area contributed by atoms with Crippen molar-refractivity contribution in [1.82, 2.24) is 4.98 Å². The highest BCUT2D eigenvalue weighted by Crippen LogP contribution is 2.39. The molecule has 0 atom stereocenters. The van der Waals surface area contributed by atoms with Crippen molar-refractivity contribution in [2.45, 2.75) is 32.1 Å². The minimum absolute atomic E-state index is 0.209. The summed E-state index contributed by atoms with van der Waals surface area (Å²) in [4.78, 5) is 32.9. The lowest BCUT2D eigenvalue weighted by molar-refractivity contribution is 0.0601. The molecule has 0 fully saturated rings. The second-order valence-electron chi connectivity index (χ2n) is 7.36. The monoisotopic (exact) mass is 468 g/mol. The third kappa shape index (κ3) is 3.91. The molecule has 1 N–H and O–H groups in total. The first kappa shape index (κ1) is 20.4. The molecule has 0 aliphatic heterocycles. The maximum absolute atomic E-state index is 13.0. The lowest BCUT2D eigenvalue weighted by atomic mass is 10.1. The number of benzene rings is 1. The number of hydrogen-bond donors (Lipinski definition) is 1. The van der Waals surface area contributed by atoms with E-state index in [1.54, 1.807) is 11.3 Å². The van der Waals surface area contributed by atoms with Crippen LogP contribution in [0.4, 0.5) is 5.00 Å². The van der Waals surface area contributed by atoms with E-state index >= 15 is 0 Å². The number of fused-ring (bicyclic) bond motifs is 2. The molecule has 5 nitrogen and oxygen atoms in total. The lowest BCUT2D eigenvalue weighted by Crippen LogP contribution is -2.13. The second-order valence-corrected chi connectivity index (χ2v) is 10.6. The van der Waals surface area contributed by atoms with E-state index in [1.807, 2.05) is 36.4 Å². The Morgan fingerprint density at radius 3 is 2.68 bits per heavy atom. The maximum Gasteiger partial charge on any atom is 0.341 e. The van der Waals surface area contributed by atoms with Gasteiger partial charge in [-0.05, 0) is 55.5 Å². The van der Waals surface area contributed by atoms with Crippen molar-refractivity contribution in [1.29, 1.82) is 0 Å². The van der Waals surface area contributed by atoms with Crippen molar-refractivity contribution in [2.75, 3.05) is 12.4 Å². The summed E-state index contributed by atoms with van der Waals surface area (Å²) in [6, 6.07) is 11.8. The van der Waals surface area contributed by atoms with Crippen LogP contribution in [0.3, 0.4) is 0 Å². The number of ether oxygens (including phenoxy) is 1. The predicted molar refractivity (Wildman–Crippen MR) is 128 cm³/mol. The van der Waals surface area contributed by atoms with Crippen molar-refractivity contribution in [2.24, 2.45) is 0 Å². The Balaban J connectivity index is 1.42. The van der Waals surface area contributed by atoms with Gasteiger partial charge in [0.25, 0.3) is 5.91 Å². The summed E-state index contributed by atoms with van der Waals surface area (Å²) in [5.41, 5.74) is 2.54. The Morgan fingerprint density at radius 2 is 1.84 bits per heavy atom. The van der Waals surface area contributed by atoms with Crippen molar-refractivity contribution < 1.29 is 14.3 Å². The zero-order valence-corrected chi connectivity index (χ0v) is 19.3. The van der Waals surface area contributed by atoms with Crippen LogP contribution in [0.5, 0.6) is 0 Å². The van der Waals surface area contributed by atoms with E-state index < -0.39 is 0 Å². The number of para-hydroxylation sites is 1. The molecule has 0 unspecified atom stereocenters. The molecular weight excluding hydrogens is 448 g/mol. The average Bonchev–Trinajstić information content (AvgIpc) is 3.47. The summed E-state index contributed by atoms with van der Waals surface area (Å²) >= 11 is 4.54. The number of nitrogens with zero attached hydrogens (tertiary/aromatic N) is 1. The van der Waals surface area contributed by atoms with Crippen LogP contribution in [0, 0.1) is 0 Å². The topological polar surface area (TPSA) is 68.3 Å². The van der Waals surface area contributed by atoms with E-state index in [0.717, 1.165) is 57.8 Å². The van der Waals surface area contributed by atoms with E-state index in [4.69, 9.17) is 4.74 Å². The Hall–Kier alpha value is -2.55. The van der Waals surface area contributed by atoms with Crippen molar-refractivity contribution in [3.63, 3.8) is 0 Å². The van der Waals surface area contributed by atoms with Crippen LogP contribution in [0.15, 0.2) is 36.4 Å². The van der Waals surface area contributed by atoms with Gasteiger partial charge in [0.2, 0.25) is 0 Å². The van der Waals surface area contributed by atoms with Crippen molar-refractivity contribution in [3.05, 3.63) is 57.3 Å². The quantitative estimate of drug-likeness (QED) is 0.278. The van der Waals surface area contributed by atoms with Crippen LogP contribution in [-0.2, 0) is 17.6 Å². The Morgan fingerprint density at radius 1 is 1.00 bits per heavy atom. The zero-order chi connectivity index (χ0) is 21.4. The molecule has 0 saturated carbocycles. The number of thiophene rings is 2. The maximum atomic E-state index is 13.0. The number of anilines is 1. The van der Waals surface area contributed by atoms with Gasteiger partial charge in [0.15, 0.2) is 0 Å². The molecule has 0 spiro atoms. The summed E-state index contributed by atoms with van der Waals surface area (Å²) in [6.07, 6.45) is 5.12. The number of carbonyl (C=O) groups excluding carboxylic acids is 2. The Kier molecular flexibility index (Phi) is 5.60. The molecule has 0 saturated heterocycles. The lowest BCUT2D eigenvalue weighted by Gasteiger charge is -2.06. The highest BCUT2D eigenvalue weighted by molar-refractivity contribution is 7.26. The van der Waals surface area contributed by atoms with Gasteiger partial charge < -0.3 is 10.1 Å². The predicted octanol–water partition coefficient (Wildman–Crippen LogP) is 6.39. The highest BCUT2D eigenvalue weighted by atomic mass is 32.1. The summed E-state index contributed by atoms with van der Waals surface area (Å²) in [5, 5.41) is 4.49. The van der Waals surface area contributed by atoms with Gasteiger partial charge in [-0.3, -0.25) is 4.79 Å². The number of esters is 1. The van der Waals surface area contributed by atoms with E-state index in [9.17, 15) is 9.59 Å². The van der Waals surface area contributed by atoms with Gasteiger partial charge in [0.05, 0.1) is 32.6 Å². The summed E-state index contributed by atoms with van der Waals surface area (Å²) < 4.78 is 6.16. The zero-order valence-electron chi connectivity index (χ0n) is 16.9. The van der Waals surface area contributed by atoms with Crippen LogP contribution in [0.1, 0.15) is 49.7 Å². The summed E-state index contributed by atoms with van der Waals surface area (Å²) in [6.45, 7) is 0. The molecule has 4 aromatic rings. The minimum atomic E-state index is -0.379. The fourth-order valence-electron chi connectivity index (χ4n) is 3.87. The average molecular weight is 469 g/mol. The summed E-state index contributed by atoms with van der Waals surface area (Å²) in [7, 11) is 1.39. The Labute approximate surface area is 191 Å². The first-order chi connectivity index (χ1) is 15.1. The number of nitrogens with one attached hydrogen (secondary N) is 1. The van der Waals surface area contributed by atoms with Crippen LogP contribution in [0.25, 0.3) is 20.1 Å². The minimum Gasteiger partial charge on any atom is -0.465 e. The SMILES string of the molecule is COC(=O)c1c(NC(=O)c2ccc(-c3nc4ccccc4s3)s2)sc2c1CCCCC2. The second kappa shape index (κ2) is 8.53. The van der Waals surface area contributed by atoms with Crippen molar-refractivity contribution >= 4 is 61.1 Å². The number of hydrogen-bond acceptors (Lipinski definition) is 7. The molecule has 1 amide bonds. The highest BCUT2D eigenvalue weighted by Gasteiger charge is 2.27. The largest absolute Gasteiger partial charge is 0.465 e. The van der Waals surface area contributed by atoms with E-state index in [-0.39, 0.29) is 11.9 Å². The fourth-order valence-corrected chi connectivity index (χ4v) is 7.06. The number of thiazole rings is 1. The van der Waals surface area contributed by atoms with E-state index in [1.165, 1.54) is 34.7 Å². The van der Waals surface area contributed by atoms with E-state index in [0.29, 0.717) is 15.4 Å². The molecule has 3 aromatic heterocycles. The van der Waals surface area contributed by atoms with Gasteiger partial charge in [0, 0.05) is 4.88 Å². The smallest absolute Gasteiger partial charge is 0.341 e. The fraction of sp³-hybridized carbons (Fsp3) is 0.261. The third-order valence-electron chi connectivity index (χ3n) is 5.37. The van der Waals surface area contributed by atoms with Gasteiger partial charge in [-0.25, -0.2) is 9.78 Å². The molecule has 31 heavy (non-hydrogen) atoms. The molecule has 158 valence electrons. The molecular formula is C23H20N2O3S3. The first-order valence-electron chi connectivity index (χ1n) is 10.1. The van der Waals surface area contributed by atoms with Gasteiger partial charge in [-0.15, -0.1) is 34.0 Å². The molecule has 1 aromatic carbocycles. The molecule has 3 heterocycles. The molecule has 1 aliphatic rings. The first-order valence-corrected chi connectivity index (χ1v) is 12.6. The van der Waals surface area contributed by atoms with Crippen LogP contribution >= 0.6 is 34.0 Å². The number of carbonyl (C=O) groups is 2. The van der Waals surface area contributed by atoms with Gasteiger partial charge >= 0.3 is 5.97 Å². The summed E-state index contributed by atoms with van der Waals surface area (Å²) in [5.74, 6) is -0.588. The number of rotatable bonds is 4. The number of aromatic nitrogens is 1. The third-order valence-corrected chi connectivity index (χ3v) is 8.87. The van der Waals surface area contributed by atoms with Crippen molar-refractivity contribution in [3.8, 4) is 9.88 Å². The number of methoxy groups -OCH3 is 1.